The van der Waals surface area contributed by atoms with Gasteiger partial charge in [-0.3, -0.25) is 9.48 Å². The van der Waals surface area contributed by atoms with Crippen molar-refractivity contribution in [2.75, 3.05) is 43.4 Å². The van der Waals surface area contributed by atoms with E-state index in [0.717, 1.165) is 49.3 Å². The topological polar surface area (TPSA) is 109 Å². The Bertz CT molecular complexity index is 1200. The zero-order valence-corrected chi connectivity index (χ0v) is 20.0. The van der Waals surface area contributed by atoms with Gasteiger partial charge in [-0.15, -0.1) is 0 Å². The number of amides is 1. The summed E-state index contributed by atoms with van der Waals surface area (Å²) >= 11 is 0. The van der Waals surface area contributed by atoms with Crippen molar-refractivity contribution in [3.63, 3.8) is 0 Å². The molecule has 1 amide bonds. The smallest absolute Gasteiger partial charge is 0.243 e. The summed E-state index contributed by atoms with van der Waals surface area (Å²) in [5.41, 5.74) is 2.38. The van der Waals surface area contributed by atoms with Crippen LogP contribution in [0.1, 0.15) is 38.8 Å². The van der Waals surface area contributed by atoms with Crippen LogP contribution in [0.5, 0.6) is 0 Å². The van der Waals surface area contributed by atoms with Crippen molar-refractivity contribution in [3.8, 4) is 0 Å². The second kappa shape index (κ2) is 9.05. The highest BCUT2D eigenvalue weighted by Crippen LogP contribution is 2.29. The molecule has 180 valence electrons. The Hall–Kier alpha value is -3.47. The first-order valence-electron chi connectivity index (χ1n) is 11.8. The van der Waals surface area contributed by atoms with Crippen molar-refractivity contribution in [1.82, 2.24) is 39.5 Å². The minimum Gasteiger partial charge on any atom is -0.348 e. The van der Waals surface area contributed by atoms with Gasteiger partial charge in [-0.1, -0.05) is 6.58 Å². The predicted molar refractivity (Wildman–Crippen MR) is 131 cm³/mol. The highest BCUT2D eigenvalue weighted by Gasteiger charge is 2.27. The molecule has 3 aromatic rings. The van der Waals surface area contributed by atoms with Crippen LogP contribution >= 0.6 is 0 Å². The van der Waals surface area contributed by atoms with Gasteiger partial charge in [0.15, 0.2) is 17.0 Å². The van der Waals surface area contributed by atoms with E-state index < -0.39 is 0 Å². The van der Waals surface area contributed by atoms with Crippen molar-refractivity contribution in [3.05, 3.63) is 31.4 Å². The Morgan fingerprint density at radius 1 is 1.24 bits per heavy atom. The third-order valence-electron chi connectivity index (χ3n) is 6.57. The van der Waals surface area contributed by atoms with Crippen molar-refractivity contribution in [2.45, 2.75) is 44.8 Å². The summed E-state index contributed by atoms with van der Waals surface area (Å²) in [5, 5.41) is 11.0. The summed E-state index contributed by atoms with van der Waals surface area (Å²) in [6.07, 6.45) is 8.91. The van der Waals surface area contributed by atoms with Gasteiger partial charge < -0.3 is 25.0 Å². The van der Waals surface area contributed by atoms with E-state index in [-0.39, 0.29) is 18.0 Å². The van der Waals surface area contributed by atoms with Gasteiger partial charge in [0.25, 0.3) is 0 Å². The Balaban J connectivity index is 1.44. The lowest BCUT2D eigenvalue weighted by Gasteiger charge is -2.18. The number of nitrogens with zero attached hydrogens (tertiary/aromatic N) is 8. The number of aromatic nitrogens is 6. The molecule has 2 atom stereocenters. The van der Waals surface area contributed by atoms with Gasteiger partial charge in [0, 0.05) is 37.9 Å². The summed E-state index contributed by atoms with van der Waals surface area (Å²) in [7, 11) is 2.14. The molecule has 2 aliphatic rings. The number of fused-ring (bicyclic) bond motifs is 1. The van der Waals surface area contributed by atoms with Crippen molar-refractivity contribution >= 4 is 34.5 Å². The molecule has 0 saturated carbocycles. The van der Waals surface area contributed by atoms with Crippen molar-refractivity contribution in [2.24, 2.45) is 0 Å². The number of anilines is 3. The summed E-state index contributed by atoms with van der Waals surface area (Å²) in [6.45, 7) is 11.2. The van der Waals surface area contributed by atoms with Gasteiger partial charge in [0.1, 0.15) is 0 Å². The van der Waals surface area contributed by atoms with Crippen LogP contribution in [0, 0.1) is 0 Å². The standard InChI is InChI=1S/C23H32N10O/c1-5-19(34)26-16-6-9-31(11-16)23-28-21(20-22(29-23)32(14-24-20)15(2)3)27-17-10-25-33(12-17)18-7-8-30(4)13-18/h5,10,12,14-16,18H,1,6-9,11,13H2,2-4H3,(H,26,34)(H,27,28,29)/t16-,18?/m0/s1. The number of nitrogens with one attached hydrogen (secondary N) is 2. The maximum Gasteiger partial charge on any atom is 0.243 e. The number of hydrogen-bond donors (Lipinski definition) is 2. The third-order valence-corrected chi connectivity index (χ3v) is 6.57. The fourth-order valence-corrected chi connectivity index (χ4v) is 4.70. The number of rotatable bonds is 7. The molecule has 0 radical (unpaired) electrons. The Kier molecular flexibility index (Phi) is 5.94. The molecule has 2 saturated heterocycles. The Morgan fingerprint density at radius 2 is 2.09 bits per heavy atom. The van der Waals surface area contributed by atoms with Gasteiger partial charge >= 0.3 is 0 Å². The van der Waals surface area contributed by atoms with Gasteiger partial charge in [-0.25, -0.2) is 4.98 Å². The fourth-order valence-electron chi connectivity index (χ4n) is 4.70. The van der Waals surface area contributed by atoms with E-state index in [1.807, 2.05) is 23.4 Å². The maximum absolute atomic E-state index is 11.7. The molecule has 11 nitrogen and oxygen atoms in total. The average molecular weight is 465 g/mol. The highest BCUT2D eigenvalue weighted by atomic mass is 16.1. The quantitative estimate of drug-likeness (QED) is 0.512. The second-order valence-corrected chi connectivity index (χ2v) is 9.47. The molecule has 34 heavy (non-hydrogen) atoms. The minimum absolute atomic E-state index is 0.0407. The van der Waals surface area contributed by atoms with E-state index in [0.29, 0.717) is 24.4 Å². The molecule has 5 heterocycles. The SMILES string of the molecule is C=CC(=O)N[C@H]1CCN(c2nc(Nc3cnn(C4CCN(C)C4)c3)c3ncn(C(C)C)c3n2)C1. The fraction of sp³-hybridized carbons (Fsp3) is 0.522. The molecule has 0 bridgehead atoms. The Labute approximate surface area is 198 Å². The van der Waals surface area contributed by atoms with Gasteiger partial charge in [0.2, 0.25) is 11.9 Å². The molecule has 11 heteroatoms. The lowest BCUT2D eigenvalue weighted by atomic mass is 10.2. The first kappa shape index (κ1) is 22.3. The van der Waals surface area contributed by atoms with Crippen LogP contribution in [-0.4, -0.2) is 79.4 Å². The maximum atomic E-state index is 11.7. The molecule has 2 N–H and O–H groups in total. The number of carbonyl (C=O) groups is 1. The molecule has 5 rings (SSSR count). The van der Waals surface area contributed by atoms with E-state index >= 15 is 0 Å². The van der Waals surface area contributed by atoms with Crippen LogP contribution in [0.2, 0.25) is 0 Å². The molecule has 2 fully saturated rings. The van der Waals surface area contributed by atoms with E-state index in [4.69, 9.17) is 9.97 Å². The largest absolute Gasteiger partial charge is 0.348 e. The monoisotopic (exact) mass is 464 g/mol. The molecule has 1 unspecified atom stereocenters. The minimum atomic E-state index is -0.158. The summed E-state index contributed by atoms with van der Waals surface area (Å²) in [6, 6.07) is 0.633. The van der Waals surface area contributed by atoms with Crippen LogP contribution < -0.4 is 15.5 Å². The van der Waals surface area contributed by atoms with Crippen molar-refractivity contribution in [1.29, 1.82) is 0 Å². The van der Waals surface area contributed by atoms with E-state index in [2.05, 4.69) is 62.6 Å². The molecule has 2 aliphatic heterocycles. The van der Waals surface area contributed by atoms with Crippen LogP contribution in [0.25, 0.3) is 11.2 Å². The summed E-state index contributed by atoms with van der Waals surface area (Å²) in [5.74, 6) is 1.12. The molecule has 0 aliphatic carbocycles. The van der Waals surface area contributed by atoms with E-state index in [1.54, 1.807) is 0 Å². The van der Waals surface area contributed by atoms with Crippen molar-refractivity contribution < 1.29 is 4.79 Å². The van der Waals surface area contributed by atoms with Crippen LogP contribution in [0.4, 0.5) is 17.5 Å². The average Bonchev–Trinajstić information content (AvgIpc) is 3.60. The number of likely N-dealkylation sites (tertiary alicyclic amines) is 1. The zero-order valence-electron chi connectivity index (χ0n) is 20.0. The predicted octanol–water partition coefficient (Wildman–Crippen LogP) is 2.10. The van der Waals surface area contributed by atoms with Gasteiger partial charge in [0.05, 0.1) is 24.3 Å². The lowest BCUT2D eigenvalue weighted by Crippen LogP contribution is -2.36. The number of likely N-dealkylation sites (N-methyl/N-ethyl adjacent to an activating group) is 1. The van der Waals surface area contributed by atoms with E-state index in [1.165, 1.54) is 6.08 Å². The van der Waals surface area contributed by atoms with Crippen LogP contribution in [-0.2, 0) is 4.79 Å². The lowest BCUT2D eigenvalue weighted by molar-refractivity contribution is -0.117. The Morgan fingerprint density at radius 3 is 2.82 bits per heavy atom. The summed E-state index contributed by atoms with van der Waals surface area (Å²) < 4.78 is 4.09. The van der Waals surface area contributed by atoms with Crippen LogP contribution in [0.3, 0.4) is 0 Å². The van der Waals surface area contributed by atoms with Crippen LogP contribution in [0.15, 0.2) is 31.4 Å². The second-order valence-electron chi connectivity index (χ2n) is 9.47. The molecule has 3 aromatic heterocycles. The third kappa shape index (κ3) is 4.35. The van der Waals surface area contributed by atoms with Gasteiger partial charge in [-0.2, -0.15) is 15.1 Å². The van der Waals surface area contributed by atoms with Gasteiger partial charge in [-0.05, 0) is 46.4 Å². The first-order chi connectivity index (χ1) is 16.4. The summed E-state index contributed by atoms with van der Waals surface area (Å²) in [4.78, 5) is 30.5. The molecular formula is C23H32N10O. The zero-order chi connectivity index (χ0) is 23.8. The molecule has 0 spiro atoms. The highest BCUT2D eigenvalue weighted by molar-refractivity contribution is 5.87. The number of carbonyl (C=O) groups excluding carboxylic acids is 1. The normalized spacial score (nSPS) is 21.0. The molecule has 0 aromatic carbocycles. The number of hydrogen-bond acceptors (Lipinski definition) is 8. The molecular weight excluding hydrogens is 432 g/mol. The first-order valence-corrected chi connectivity index (χ1v) is 11.8. The van der Waals surface area contributed by atoms with E-state index in [9.17, 15) is 4.79 Å². The number of imidazole rings is 1.